The highest BCUT2D eigenvalue weighted by atomic mass is 16.5. The van der Waals surface area contributed by atoms with Crippen LogP contribution in [0.2, 0.25) is 0 Å². The lowest BCUT2D eigenvalue weighted by Crippen LogP contribution is -2.16. The molecule has 4 nitrogen and oxygen atoms in total. The first-order chi connectivity index (χ1) is 12.7. The van der Waals surface area contributed by atoms with E-state index >= 15 is 0 Å². The minimum absolute atomic E-state index is 0.0335. The van der Waals surface area contributed by atoms with Gasteiger partial charge in [0.1, 0.15) is 0 Å². The van der Waals surface area contributed by atoms with Crippen molar-refractivity contribution in [1.29, 1.82) is 0 Å². The molecule has 0 N–H and O–H groups in total. The van der Waals surface area contributed by atoms with Gasteiger partial charge in [0, 0.05) is 13.0 Å². The van der Waals surface area contributed by atoms with Gasteiger partial charge in [0.15, 0.2) is 5.78 Å². The van der Waals surface area contributed by atoms with Crippen molar-refractivity contribution in [3.05, 3.63) is 47.5 Å². The van der Waals surface area contributed by atoms with Gasteiger partial charge in [-0.25, -0.2) is 0 Å². The predicted octanol–water partition coefficient (Wildman–Crippen LogP) is 4.59. The average Bonchev–Trinajstić information content (AvgIpc) is 2.98. The van der Waals surface area contributed by atoms with Crippen LogP contribution in [-0.4, -0.2) is 31.1 Å². The molecule has 1 aromatic rings. The van der Waals surface area contributed by atoms with Crippen LogP contribution in [0.15, 0.2) is 42.0 Å². The Morgan fingerprint density at radius 3 is 2.58 bits per heavy atom. The molecule has 0 aromatic heterocycles. The van der Waals surface area contributed by atoms with Gasteiger partial charge in [-0.2, -0.15) is 0 Å². The van der Waals surface area contributed by atoms with Crippen LogP contribution in [0.4, 0.5) is 0 Å². The smallest absolute Gasteiger partial charge is 0.313 e. The largest absolute Gasteiger partial charge is 0.466 e. The van der Waals surface area contributed by atoms with Gasteiger partial charge in [0.2, 0.25) is 0 Å². The molecule has 0 heterocycles. The molecular weight excluding hydrogens is 328 g/mol. The molecular formula is C22H30O4. The van der Waals surface area contributed by atoms with Gasteiger partial charge in [0.25, 0.3) is 0 Å². The van der Waals surface area contributed by atoms with Gasteiger partial charge in [0.05, 0.1) is 18.6 Å². The number of ether oxygens (including phenoxy) is 2. The Labute approximate surface area is 156 Å². The highest BCUT2D eigenvalue weighted by Gasteiger charge is 2.24. The molecule has 1 aliphatic rings. The van der Waals surface area contributed by atoms with Crippen molar-refractivity contribution >= 4 is 11.8 Å². The lowest BCUT2D eigenvalue weighted by molar-refractivity contribution is -0.145. The second kappa shape index (κ2) is 10.9. The van der Waals surface area contributed by atoms with Crippen molar-refractivity contribution in [2.45, 2.75) is 64.4 Å². The summed E-state index contributed by atoms with van der Waals surface area (Å²) in [5, 5.41) is 0. The van der Waals surface area contributed by atoms with Crippen LogP contribution in [0.1, 0.15) is 63.9 Å². The highest BCUT2D eigenvalue weighted by molar-refractivity contribution is 5.98. The number of esters is 1. The number of hydrogen-bond donors (Lipinski definition) is 0. The standard InChI is InChI=1S/C22H30O4/c1-3-25-19-15-18(21(23)16-19)13-9-6-10-14-20(22(24)26-4-2)17-11-7-5-8-12-17/h5,7-8,11-12,15,19-20H,3-4,6,9-10,13-14,16H2,1-2H3. The van der Waals surface area contributed by atoms with Crippen molar-refractivity contribution < 1.29 is 19.1 Å². The molecule has 1 aliphatic carbocycles. The maximum atomic E-state index is 12.3. The summed E-state index contributed by atoms with van der Waals surface area (Å²) in [5.41, 5.74) is 1.92. The zero-order valence-electron chi connectivity index (χ0n) is 15.9. The number of allylic oxidation sites excluding steroid dienone is 1. The Morgan fingerprint density at radius 1 is 1.12 bits per heavy atom. The predicted molar refractivity (Wildman–Crippen MR) is 102 cm³/mol. The molecule has 0 bridgehead atoms. The highest BCUT2D eigenvalue weighted by Crippen LogP contribution is 2.26. The van der Waals surface area contributed by atoms with E-state index in [1.807, 2.05) is 50.3 Å². The Hall–Kier alpha value is -1.94. The van der Waals surface area contributed by atoms with Crippen LogP contribution >= 0.6 is 0 Å². The first-order valence-corrected chi connectivity index (χ1v) is 9.72. The van der Waals surface area contributed by atoms with E-state index in [0.717, 1.165) is 43.2 Å². The number of Topliss-reactive ketones (excluding diaryl/α,β-unsaturated/α-hetero) is 1. The molecule has 2 rings (SSSR count). The summed E-state index contributed by atoms with van der Waals surface area (Å²) in [6, 6.07) is 9.82. The number of benzene rings is 1. The van der Waals surface area contributed by atoms with Crippen molar-refractivity contribution in [3.63, 3.8) is 0 Å². The Bertz CT molecular complexity index is 606. The van der Waals surface area contributed by atoms with Crippen LogP contribution in [-0.2, 0) is 19.1 Å². The molecule has 4 heteroatoms. The lowest BCUT2D eigenvalue weighted by Gasteiger charge is -2.16. The quantitative estimate of drug-likeness (QED) is 0.429. The number of carbonyl (C=O) groups is 2. The number of ketones is 1. The Balaban J connectivity index is 1.78. The van der Waals surface area contributed by atoms with Gasteiger partial charge < -0.3 is 9.47 Å². The topological polar surface area (TPSA) is 52.6 Å². The molecule has 1 aromatic carbocycles. The van der Waals surface area contributed by atoms with E-state index in [4.69, 9.17) is 9.47 Å². The SMILES string of the molecule is CCOC(=O)C(CCCCCC1=CC(OCC)CC1=O)c1ccccc1. The Kier molecular flexibility index (Phi) is 8.56. The van der Waals surface area contributed by atoms with Crippen LogP contribution in [0.5, 0.6) is 0 Å². The number of hydrogen-bond acceptors (Lipinski definition) is 4. The molecule has 26 heavy (non-hydrogen) atoms. The van der Waals surface area contributed by atoms with Crippen LogP contribution < -0.4 is 0 Å². The van der Waals surface area contributed by atoms with E-state index in [2.05, 4.69) is 0 Å². The van der Waals surface area contributed by atoms with E-state index in [1.54, 1.807) is 0 Å². The van der Waals surface area contributed by atoms with Gasteiger partial charge in [-0.3, -0.25) is 9.59 Å². The van der Waals surface area contributed by atoms with E-state index in [0.29, 0.717) is 19.6 Å². The average molecular weight is 358 g/mol. The second-order valence-corrected chi connectivity index (χ2v) is 6.63. The van der Waals surface area contributed by atoms with Gasteiger partial charge in [-0.15, -0.1) is 0 Å². The lowest BCUT2D eigenvalue weighted by atomic mass is 9.92. The van der Waals surface area contributed by atoms with E-state index in [9.17, 15) is 9.59 Å². The zero-order valence-corrected chi connectivity index (χ0v) is 15.9. The second-order valence-electron chi connectivity index (χ2n) is 6.63. The van der Waals surface area contributed by atoms with Gasteiger partial charge in [-0.1, -0.05) is 43.2 Å². The third-order valence-corrected chi connectivity index (χ3v) is 4.72. The summed E-state index contributed by atoms with van der Waals surface area (Å²) in [4.78, 5) is 24.2. The van der Waals surface area contributed by atoms with Crippen molar-refractivity contribution in [2.75, 3.05) is 13.2 Å². The molecule has 0 spiro atoms. The molecule has 0 radical (unpaired) electrons. The summed E-state index contributed by atoms with van der Waals surface area (Å²) < 4.78 is 10.8. The monoisotopic (exact) mass is 358 g/mol. The zero-order chi connectivity index (χ0) is 18.8. The van der Waals surface area contributed by atoms with Crippen LogP contribution in [0.25, 0.3) is 0 Å². The molecule has 0 aliphatic heterocycles. The number of unbranched alkanes of at least 4 members (excludes halogenated alkanes) is 2. The fourth-order valence-corrected chi connectivity index (χ4v) is 3.42. The van der Waals surface area contributed by atoms with Gasteiger partial charge >= 0.3 is 5.97 Å². The van der Waals surface area contributed by atoms with E-state index < -0.39 is 0 Å². The summed E-state index contributed by atoms with van der Waals surface area (Å²) in [6.45, 7) is 4.82. The number of rotatable bonds is 11. The molecule has 2 unspecified atom stereocenters. The molecule has 142 valence electrons. The van der Waals surface area contributed by atoms with Crippen LogP contribution in [0.3, 0.4) is 0 Å². The normalized spacial score (nSPS) is 17.8. The minimum Gasteiger partial charge on any atom is -0.466 e. The summed E-state index contributed by atoms with van der Waals surface area (Å²) >= 11 is 0. The van der Waals surface area contributed by atoms with E-state index in [1.165, 1.54) is 0 Å². The van der Waals surface area contributed by atoms with Gasteiger partial charge in [-0.05, 0) is 50.3 Å². The maximum Gasteiger partial charge on any atom is 0.313 e. The molecule has 2 atom stereocenters. The third kappa shape index (κ3) is 6.10. The molecule has 0 saturated carbocycles. The summed E-state index contributed by atoms with van der Waals surface area (Å²) in [7, 11) is 0. The molecule has 0 fully saturated rings. The first-order valence-electron chi connectivity index (χ1n) is 9.72. The van der Waals surface area contributed by atoms with E-state index in [-0.39, 0.29) is 23.8 Å². The van der Waals surface area contributed by atoms with Crippen molar-refractivity contribution in [1.82, 2.24) is 0 Å². The molecule has 0 amide bonds. The van der Waals surface area contributed by atoms with Crippen molar-refractivity contribution in [3.8, 4) is 0 Å². The minimum atomic E-state index is -0.203. The Morgan fingerprint density at radius 2 is 1.88 bits per heavy atom. The summed E-state index contributed by atoms with van der Waals surface area (Å²) in [6.07, 6.45) is 6.91. The maximum absolute atomic E-state index is 12.3. The number of carbonyl (C=O) groups excluding carboxylic acids is 2. The third-order valence-electron chi connectivity index (χ3n) is 4.72. The molecule has 0 saturated heterocycles. The van der Waals surface area contributed by atoms with Crippen molar-refractivity contribution in [2.24, 2.45) is 0 Å². The fraction of sp³-hybridized carbons (Fsp3) is 0.545. The first kappa shape index (κ1) is 20.4. The summed E-state index contributed by atoms with van der Waals surface area (Å²) in [5.74, 6) is -0.130. The fourth-order valence-electron chi connectivity index (χ4n) is 3.42. The van der Waals surface area contributed by atoms with Crippen LogP contribution in [0, 0.1) is 0 Å².